The Bertz CT molecular complexity index is 1030. The Hall–Kier alpha value is -3.23. The lowest BCUT2D eigenvalue weighted by Crippen LogP contribution is -2.45. The SMILES string of the molecule is CCn1c(=O)c(C)nc2cc(C(=O)OCC(=O)N3CCC[C@H](C(N)=O)C3)ccc21. The number of nitrogens with two attached hydrogens (primary N) is 1. The molecular weight excluding hydrogens is 376 g/mol. The van der Waals surface area contributed by atoms with Gasteiger partial charge in [0.2, 0.25) is 5.91 Å². The third-order valence-electron chi connectivity index (χ3n) is 5.16. The van der Waals surface area contributed by atoms with E-state index >= 15 is 0 Å². The molecule has 2 N–H and O–H groups in total. The van der Waals surface area contributed by atoms with Crippen LogP contribution in [-0.2, 0) is 20.9 Å². The highest BCUT2D eigenvalue weighted by Gasteiger charge is 2.27. The van der Waals surface area contributed by atoms with E-state index < -0.39 is 18.5 Å². The Labute approximate surface area is 167 Å². The van der Waals surface area contributed by atoms with Gasteiger partial charge in [-0.05, 0) is 44.9 Å². The maximum absolute atomic E-state index is 12.4. The van der Waals surface area contributed by atoms with Gasteiger partial charge in [0.1, 0.15) is 5.69 Å². The average Bonchev–Trinajstić information content (AvgIpc) is 2.72. The average molecular weight is 400 g/mol. The second-order valence-corrected chi connectivity index (χ2v) is 7.11. The summed E-state index contributed by atoms with van der Waals surface area (Å²) >= 11 is 0. The van der Waals surface area contributed by atoms with E-state index in [0.29, 0.717) is 42.7 Å². The van der Waals surface area contributed by atoms with Gasteiger partial charge in [0.15, 0.2) is 6.61 Å². The Balaban J connectivity index is 1.70. The van der Waals surface area contributed by atoms with Gasteiger partial charge in [-0.2, -0.15) is 0 Å². The molecule has 1 aliphatic rings. The van der Waals surface area contributed by atoms with Crippen molar-refractivity contribution in [1.29, 1.82) is 0 Å². The molecular formula is C20H24N4O5. The van der Waals surface area contributed by atoms with E-state index in [1.165, 1.54) is 4.90 Å². The number of carbonyl (C=O) groups is 3. The fourth-order valence-electron chi connectivity index (χ4n) is 3.55. The highest BCUT2D eigenvalue weighted by atomic mass is 16.5. The van der Waals surface area contributed by atoms with E-state index in [-0.39, 0.29) is 29.5 Å². The van der Waals surface area contributed by atoms with Crippen molar-refractivity contribution in [2.45, 2.75) is 33.2 Å². The van der Waals surface area contributed by atoms with Crippen LogP contribution in [0, 0.1) is 12.8 Å². The summed E-state index contributed by atoms with van der Waals surface area (Å²) < 4.78 is 6.74. The van der Waals surface area contributed by atoms with Gasteiger partial charge in [-0.3, -0.25) is 14.4 Å². The van der Waals surface area contributed by atoms with Crippen LogP contribution in [0.2, 0.25) is 0 Å². The van der Waals surface area contributed by atoms with E-state index in [4.69, 9.17) is 10.5 Å². The van der Waals surface area contributed by atoms with Crippen molar-refractivity contribution in [2.75, 3.05) is 19.7 Å². The maximum Gasteiger partial charge on any atom is 0.338 e. The molecule has 0 saturated carbocycles. The molecule has 2 aromatic rings. The van der Waals surface area contributed by atoms with Crippen molar-refractivity contribution < 1.29 is 19.1 Å². The fourth-order valence-corrected chi connectivity index (χ4v) is 3.55. The number of benzene rings is 1. The van der Waals surface area contributed by atoms with Crippen molar-refractivity contribution in [3.05, 3.63) is 39.8 Å². The number of aromatic nitrogens is 2. The predicted molar refractivity (Wildman–Crippen MR) is 105 cm³/mol. The van der Waals surface area contributed by atoms with E-state index in [0.717, 1.165) is 0 Å². The van der Waals surface area contributed by atoms with E-state index in [1.807, 2.05) is 6.92 Å². The molecule has 29 heavy (non-hydrogen) atoms. The number of aryl methyl sites for hydroxylation is 2. The molecule has 3 rings (SSSR count). The van der Waals surface area contributed by atoms with Gasteiger partial charge in [0.25, 0.3) is 11.5 Å². The van der Waals surface area contributed by atoms with Gasteiger partial charge in [-0.1, -0.05) is 0 Å². The lowest BCUT2D eigenvalue weighted by atomic mass is 9.97. The van der Waals surface area contributed by atoms with Gasteiger partial charge >= 0.3 is 5.97 Å². The number of esters is 1. The van der Waals surface area contributed by atoms with Crippen LogP contribution in [-0.4, -0.2) is 51.9 Å². The zero-order valence-electron chi connectivity index (χ0n) is 16.5. The molecule has 1 saturated heterocycles. The molecule has 1 aromatic heterocycles. The number of amides is 2. The van der Waals surface area contributed by atoms with Crippen LogP contribution in [0.3, 0.4) is 0 Å². The van der Waals surface area contributed by atoms with Crippen LogP contribution >= 0.6 is 0 Å². The Morgan fingerprint density at radius 1 is 1.31 bits per heavy atom. The minimum Gasteiger partial charge on any atom is -0.452 e. The zero-order valence-corrected chi connectivity index (χ0v) is 16.5. The van der Waals surface area contributed by atoms with Crippen LogP contribution in [0.4, 0.5) is 0 Å². The molecule has 0 bridgehead atoms. The van der Waals surface area contributed by atoms with Gasteiger partial charge in [-0.25, -0.2) is 9.78 Å². The summed E-state index contributed by atoms with van der Waals surface area (Å²) in [6, 6.07) is 4.74. The molecule has 0 aliphatic carbocycles. The van der Waals surface area contributed by atoms with Crippen molar-refractivity contribution in [3.63, 3.8) is 0 Å². The predicted octanol–water partition coefficient (Wildman–Crippen LogP) is 0.606. The van der Waals surface area contributed by atoms with E-state index in [9.17, 15) is 19.2 Å². The molecule has 9 nitrogen and oxygen atoms in total. The number of hydrogen-bond donors (Lipinski definition) is 1. The summed E-state index contributed by atoms with van der Waals surface area (Å²) in [5.41, 5.74) is 6.87. The van der Waals surface area contributed by atoms with Gasteiger partial charge in [0, 0.05) is 19.6 Å². The summed E-state index contributed by atoms with van der Waals surface area (Å²) in [6.07, 6.45) is 1.34. The second-order valence-electron chi connectivity index (χ2n) is 7.11. The van der Waals surface area contributed by atoms with Gasteiger partial charge in [-0.15, -0.1) is 0 Å². The number of likely N-dealkylation sites (tertiary alicyclic amines) is 1. The number of carbonyl (C=O) groups excluding carboxylic acids is 3. The molecule has 1 atom stereocenters. The highest BCUT2D eigenvalue weighted by Crippen LogP contribution is 2.17. The van der Waals surface area contributed by atoms with Crippen LogP contribution < -0.4 is 11.3 Å². The van der Waals surface area contributed by atoms with Crippen molar-refractivity contribution >= 4 is 28.8 Å². The number of nitrogens with zero attached hydrogens (tertiary/aromatic N) is 3. The molecule has 1 aliphatic heterocycles. The Kier molecular flexibility index (Phi) is 5.95. The molecule has 0 radical (unpaired) electrons. The summed E-state index contributed by atoms with van der Waals surface area (Å²) in [5.74, 6) is -1.81. The van der Waals surface area contributed by atoms with Crippen molar-refractivity contribution in [3.8, 4) is 0 Å². The molecule has 2 heterocycles. The molecule has 154 valence electrons. The maximum atomic E-state index is 12.4. The lowest BCUT2D eigenvalue weighted by Gasteiger charge is -2.31. The van der Waals surface area contributed by atoms with E-state index in [1.54, 1.807) is 29.7 Å². The molecule has 2 amide bonds. The third kappa shape index (κ3) is 4.28. The lowest BCUT2D eigenvalue weighted by molar-refractivity contribution is -0.137. The van der Waals surface area contributed by atoms with Crippen LogP contribution in [0.15, 0.2) is 23.0 Å². The molecule has 1 fully saturated rings. The van der Waals surface area contributed by atoms with Crippen molar-refractivity contribution in [1.82, 2.24) is 14.5 Å². The Morgan fingerprint density at radius 2 is 2.07 bits per heavy atom. The van der Waals surface area contributed by atoms with E-state index in [2.05, 4.69) is 4.98 Å². The first-order chi connectivity index (χ1) is 13.8. The molecule has 0 spiro atoms. The number of primary amides is 1. The monoisotopic (exact) mass is 400 g/mol. The number of piperidine rings is 1. The largest absolute Gasteiger partial charge is 0.452 e. The third-order valence-corrected chi connectivity index (χ3v) is 5.16. The number of fused-ring (bicyclic) bond motifs is 1. The fraction of sp³-hybridized carbons (Fsp3) is 0.450. The number of ether oxygens (including phenoxy) is 1. The standard InChI is InChI=1S/C20H24N4O5/c1-3-24-16-7-6-13(9-15(16)22-12(2)19(24)27)20(28)29-11-17(25)23-8-4-5-14(10-23)18(21)26/h6-7,9,14H,3-5,8,10-11H2,1-2H3,(H2,21,26)/t14-/m0/s1. The topological polar surface area (TPSA) is 125 Å². The summed E-state index contributed by atoms with van der Waals surface area (Å²) in [6.45, 7) is 4.31. The smallest absolute Gasteiger partial charge is 0.338 e. The molecule has 0 unspecified atom stereocenters. The quantitative estimate of drug-likeness (QED) is 0.733. The molecule has 9 heteroatoms. The normalized spacial score (nSPS) is 16.6. The summed E-state index contributed by atoms with van der Waals surface area (Å²) in [4.78, 5) is 54.0. The molecule has 1 aromatic carbocycles. The first-order valence-electron chi connectivity index (χ1n) is 9.57. The van der Waals surface area contributed by atoms with Crippen LogP contribution in [0.5, 0.6) is 0 Å². The van der Waals surface area contributed by atoms with Crippen molar-refractivity contribution in [2.24, 2.45) is 11.7 Å². The van der Waals surface area contributed by atoms with Crippen LogP contribution in [0.25, 0.3) is 11.0 Å². The van der Waals surface area contributed by atoms with Crippen LogP contribution in [0.1, 0.15) is 35.8 Å². The summed E-state index contributed by atoms with van der Waals surface area (Å²) in [5, 5.41) is 0. The van der Waals surface area contributed by atoms with Gasteiger partial charge in [0.05, 0.1) is 22.5 Å². The van der Waals surface area contributed by atoms with Gasteiger partial charge < -0.3 is 19.9 Å². The minimum atomic E-state index is -0.655. The first kappa shape index (κ1) is 20.5. The zero-order chi connectivity index (χ0) is 21.1. The minimum absolute atomic E-state index is 0.170. The summed E-state index contributed by atoms with van der Waals surface area (Å²) in [7, 11) is 0. The number of hydrogen-bond acceptors (Lipinski definition) is 6. The first-order valence-corrected chi connectivity index (χ1v) is 9.57. The number of rotatable bonds is 5. The highest BCUT2D eigenvalue weighted by molar-refractivity contribution is 5.94. The Morgan fingerprint density at radius 3 is 2.76 bits per heavy atom. The second kappa shape index (κ2) is 8.42.